The van der Waals surface area contributed by atoms with Crippen molar-refractivity contribution in [3.63, 3.8) is 0 Å². The van der Waals surface area contributed by atoms with Crippen LogP contribution >= 0.6 is 22.7 Å². The smallest absolute Gasteiger partial charge is 0.137 e. The Morgan fingerprint density at radius 3 is 1.13 bits per heavy atom. The first-order chi connectivity index (χ1) is 42.6. The minimum atomic E-state index is 0.808. The summed E-state index contributed by atoms with van der Waals surface area (Å²) in [6.45, 7) is 0. The quantitative estimate of drug-likeness (QED) is 0.180. The molecule has 8 heteroatoms. The normalized spacial score (nSPS) is 12.4. The van der Waals surface area contributed by atoms with Crippen LogP contribution < -0.4 is 9.80 Å². The molecule has 0 aliphatic rings. The van der Waals surface area contributed by atoms with Gasteiger partial charge in [-0.05, 0) is 166 Å². The van der Waals surface area contributed by atoms with E-state index in [1.165, 1.54) is 72.7 Å². The van der Waals surface area contributed by atoms with Crippen LogP contribution in [0.15, 0.2) is 268 Å². The summed E-state index contributed by atoms with van der Waals surface area (Å²) >= 11 is 3.67. The van der Waals surface area contributed by atoms with Gasteiger partial charge in [-0.3, -0.25) is 0 Å². The third-order valence-corrected chi connectivity index (χ3v) is 20.4. The Bertz CT molecular complexity index is 5940. The SMILES string of the molecule is c1ccc2c(c1)ccc1[nH]c3cc(N(c4ccc5c(c4)oc4ccc6c(ccc7oc8cc(N(c9ccc%10c(c9)oc9ccc%11ccccc%11c9%10)c9ccc%10sc%11ccccc%11c%10c9)ccc8c76)c45)c4ccc5sc6ccccc6c5c4)ccc3c12. The molecule has 6 aromatic heterocycles. The lowest BCUT2D eigenvalue weighted by molar-refractivity contribution is 0.668. The lowest BCUT2D eigenvalue weighted by Gasteiger charge is -2.25. The van der Waals surface area contributed by atoms with Crippen LogP contribution in [-0.4, -0.2) is 4.98 Å². The van der Waals surface area contributed by atoms with E-state index in [2.05, 4.69) is 270 Å². The number of hydrogen-bond acceptors (Lipinski definition) is 7. The fraction of sp³-hybridized carbons (Fsp3) is 0. The van der Waals surface area contributed by atoms with E-state index in [0.717, 1.165) is 122 Å². The molecule has 0 saturated heterocycles. The highest BCUT2D eigenvalue weighted by atomic mass is 32.1. The first-order valence-electron chi connectivity index (χ1n) is 29.0. The summed E-state index contributed by atoms with van der Waals surface area (Å²) in [6.07, 6.45) is 0. The van der Waals surface area contributed by atoms with Gasteiger partial charge in [0.2, 0.25) is 0 Å². The Morgan fingerprint density at radius 2 is 0.605 bits per heavy atom. The number of benzene rings is 14. The number of nitrogens with zero attached hydrogens (tertiary/aromatic N) is 2. The molecule has 0 aliphatic heterocycles. The van der Waals surface area contributed by atoms with Crippen LogP contribution in [0.25, 0.3) is 160 Å². The second-order valence-corrected chi connectivity index (χ2v) is 24.9. The number of thiophene rings is 2. The highest BCUT2D eigenvalue weighted by molar-refractivity contribution is 7.26. The standard InChI is InChI=1S/C78H43N3O3S2/c1-3-11-51-43(9-1)17-31-63-75(51)57-25-19-47(39-64(57)79-63)80(45-23-35-73-61(37-45)53-13-5-7-15-71(53)85-73)48-21-27-59-69(40-48)83-66-33-29-56-55(77(59)66)30-34-67-78(56)60-28-22-50(42-70(60)84-67)81(46-24-36-74-62(38-46)54-14-6-8-16-72(54)86-74)49-20-26-58-68(41-49)82-65-32-18-44-10-2-4-12-52(44)76(58)65/h1-42,79H. The average Bonchev–Trinajstić information content (AvgIpc) is 2.12. The summed E-state index contributed by atoms with van der Waals surface area (Å²) in [4.78, 5) is 8.50. The molecule has 86 heavy (non-hydrogen) atoms. The van der Waals surface area contributed by atoms with Gasteiger partial charge in [0, 0.05) is 147 Å². The topological polar surface area (TPSA) is 61.7 Å². The number of H-pyrrole nitrogens is 1. The Labute approximate surface area is 496 Å². The van der Waals surface area contributed by atoms with Crippen molar-refractivity contribution >= 4 is 217 Å². The van der Waals surface area contributed by atoms with Gasteiger partial charge in [-0.15, -0.1) is 22.7 Å². The van der Waals surface area contributed by atoms with Gasteiger partial charge < -0.3 is 28.0 Å². The maximum atomic E-state index is 6.94. The number of rotatable bonds is 6. The Kier molecular flexibility index (Phi) is 9.39. The van der Waals surface area contributed by atoms with Crippen LogP contribution in [0.5, 0.6) is 0 Å². The fourth-order valence-corrected chi connectivity index (χ4v) is 16.5. The summed E-state index contributed by atoms with van der Waals surface area (Å²) in [6, 6.07) is 92.5. The van der Waals surface area contributed by atoms with Crippen molar-refractivity contribution in [2.24, 2.45) is 0 Å². The van der Waals surface area contributed by atoms with Gasteiger partial charge in [-0.1, -0.05) is 103 Å². The molecule has 1 N–H and O–H groups in total. The number of anilines is 6. The molecule has 0 fully saturated rings. The molecule has 6 heterocycles. The van der Waals surface area contributed by atoms with E-state index in [1.54, 1.807) is 0 Å². The number of aromatic nitrogens is 1. The summed E-state index contributed by atoms with van der Waals surface area (Å²) < 4.78 is 25.6. The van der Waals surface area contributed by atoms with E-state index in [0.29, 0.717) is 0 Å². The van der Waals surface area contributed by atoms with E-state index in [4.69, 9.17) is 13.3 Å². The van der Waals surface area contributed by atoms with Gasteiger partial charge in [-0.25, -0.2) is 0 Å². The molecule has 0 bridgehead atoms. The molecule has 0 aliphatic carbocycles. The summed E-state index contributed by atoms with van der Waals surface area (Å²) in [5.74, 6) is 0. The van der Waals surface area contributed by atoms with E-state index < -0.39 is 0 Å². The predicted molar refractivity (Wildman–Crippen MR) is 365 cm³/mol. The summed E-state index contributed by atoms with van der Waals surface area (Å²) in [7, 11) is 0. The van der Waals surface area contributed by atoms with Crippen LogP contribution in [0.3, 0.4) is 0 Å². The van der Waals surface area contributed by atoms with Gasteiger partial charge in [0.1, 0.15) is 33.5 Å². The van der Waals surface area contributed by atoms with Crippen molar-refractivity contribution in [3.05, 3.63) is 255 Å². The number of furan rings is 3. The second-order valence-electron chi connectivity index (χ2n) is 22.8. The summed E-state index contributed by atoms with van der Waals surface area (Å²) in [5, 5.41) is 21.0. The zero-order valence-corrected chi connectivity index (χ0v) is 47.3. The Morgan fingerprint density at radius 1 is 0.233 bits per heavy atom. The lowest BCUT2D eigenvalue weighted by atomic mass is 9.99. The molecular formula is C78H43N3O3S2. The third kappa shape index (κ3) is 6.65. The molecule has 0 spiro atoms. The van der Waals surface area contributed by atoms with Gasteiger partial charge in [-0.2, -0.15) is 0 Å². The number of fused-ring (bicyclic) bond motifs is 25. The minimum absolute atomic E-state index is 0.808. The van der Waals surface area contributed by atoms with Crippen LogP contribution in [0.2, 0.25) is 0 Å². The van der Waals surface area contributed by atoms with E-state index in [1.807, 2.05) is 22.7 Å². The molecule has 0 amide bonds. The molecule has 0 atom stereocenters. The van der Waals surface area contributed by atoms with Crippen molar-refractivity contribution in [1.82, 2.24) is 4.98 Å². The van der Waals surface area contributed by atoms with E-state index in [-0.39, 0.29) is 0 Å². The summed E-state index contributed by atoms with van der Waals surface area (Å²) in [5.41, 5.74) is 13.4. The van der Waals surface area contributed by atoms with Crippen LogP contribution in [-0.2, 0) is 0 Å². The third-order valence-electron chi connectivity index (χ3n) is 18.1. The van der Waals surface area contributed by atoms with Crippen molar-refractivity contribution < 1.29 is 13.3 Å². The number of hydrogen-bond donors (Lipinski definition) is 1. The molecule has 6 nitrogen and oxygen atoms in total. The van der Waals surface area contributed by atoms with Crippen LogP contribution in [0.4, 0.5) is 34.1 Å². The average molecular weight is 1130 g/mol. The van der Waals surface area contributed by atoms with E-state index >= 15 is 0 Å². The Balaban J connectivity index is 0.732. The molecule has 0 saturated carbocycles. The molecule has 20 rings (SSSR count). The lowest BCUT2D eigenvalue weighted by Crippen LogP contribution is -2.09. The minimum Gasteiger partial charge on any atom is -0.456 e. The van der Waals surface area contributed by atoms with Crippen molar-refractivity contribution in [2.75, 3.05) is 9.80 Å². The fourth-order valence-electron chi connectivity index (χ4n) is 14.3. The highest BCUT2D eigenvalue weighted by Crippen LogP contribution is 2.49. The van der Waals surface area contributed by atoms with Crippen LogP contribution in [0.1, 0.15) is 0 Å². The predicted octanol–water partition coefficient (Wildman–Crippen LogP) is 24.2. The second kappa shape index (κ2) is 17.3. The zero-order valence-electron chi connectivity index (χ0n) is 45.7. The maximum Gasteiger partial charge on any atom is 0.137 e. The first kappa shape index (κ1) is 46.6. The van der Waals surface area contributed by atoms with E-state index in [9.17, 15) is 0 Å². The molecule has 14 aromatic carbocycles. The largest absolute Gasteiger partial charge is 0.456 e. The molecule has 0 radical (unpaired) electrons. The van der Waals surface area contributed by atoms with Crippen LogP contribution in [0, 0.1) is 0 Å². The van der Waals surface area contributed by atoms with Crippen molar-refractivity contribution in [2.45, 2.75) is 0 Å². The number of aromatic amines is 1. The molecule has 0 unspecified atom stereocenters. The van der Waals surface area contributed by atoms with Gasteiger partial charge in [0.05, 0.1) is 0 Å². The molecule has 400 valence electrons. The van der Waals surface area contributed by atoms with Gasteiger partial charge >= 0.3 is 0 Å². The molecular weight excluding hydrogens is 1090 g/mol. The van der Waals surface area contributed by atoms with Gasteiger partial charge in [0.25, 0.3) is 0 Å². The highest BCUT2D eigenvalue weighted by Gasteiger charge is 2.24. The first-order valence-corrected chi connectivity index (χ1v) is 30.6. The van der Waals surface area contributed by atoms with Crippen molar-refractivity contribution in [1.29, 1.82) is 0 Å². The number of nitrogens with one attached hydrogen (secondary N) is 1. The molecule has 20 aromatic rings. The van der Waals surface area contributed by atoms with Gasteiger partial charge in [0.15, 0.2) is 0 Å². The van der Waals surface area contributed by atoms with Crippen molar-refractivity contribution in [3.8, 4) is 0 Å². The monoisotopic (exact) mass is 1130 g/mol. The zero-order chi connectivity index (χ0) is 55.9. The Hall–Kier alpha value is -10.9. The maximum absolute atomic E-state index is 6.94.